The third-order valence-electron chi connectivity index (χ3n) is 2.92. The summed E-state index contributed by atoms with van der Waals surface area (Å²) in [6.07, 6.45) is 0. The van der Waals surface area contributed by atoms with Crippen LogP contribution in [0, 0.1) is 11.7 Å². The number of halogens is 1. The van der Waals surface area contributed by atoms with E-state index in [1.807, 2.05) is 0 Å². The highest BCUT2D eigenvalue weighted by Gasteiger charge is 2.24. The lowest BCUT2D eigenvalue weighted by molar-refractivity contribution is -0.126. The number of benzene rings is 1. The molecule has 0 spiro atoms. The molecule has 1 fully saturated rings. The number of nitrogens with one attached hydrogen (secondary N) is 2. The van der Waals surface area contributed by atoms with Crippen LogP contribution in [0.1, 0.15) is 12.5 Å². The highest BCUT2D eigenvalue weighted by atomic mass is 19.1. The Bertz CT molecular complexity index is 433. The SMILES string of the molecule is CCOc1ccc(CNC(=O)C2CNC2)cc1F. The lowest BCUT2D eigenvalue weighted by Gasteiger charge is -2.25. The summed E-state index contributed by atoms with van der Waals surface area (Å²) in [5.74, 6) is -0.0785. The van der Waals surface area contributed by atoms with Crippen LogP contribution < -0.4 is 15.4 Å². The average Bonchev–Trinajstić information content (AvgIpc) is 2.27. The van der Waals surface area contributed by atoms with Crippen LogP contribution in [0.3, 0.4) is 0 Å². The molecule has 0 bridgehead atoms. The Morgan fingerprint density at radius 3 is 2.89 bits per heavy atom. The summed E-state index contributed by atoms with van der Waals surface area (Å²) in [5.41, 5.74) is 0.733. The van der Waals surface area contributed by atoms with Crippen molar-refractivity contribution < 1.29 is 13.9 Å². The number of carbonyl (C=O) groups excluding carboxylic acids is 1. The molecule has 1 heterocycles. The second kappa shape index (κ2) is 5.82. The summed E-state index contributed by atoms with van der Waals surface area (Å²) >= 11 is 0. The summed E-state index contributed by atoms with van der Waals surface area (Å²) in [5, 5.41) is 5.83. The van der Waals surface area contributed by atoms with Crippen molar-refractivity contribution >= 4 is 5.91 Å². The topological polar surface area (TPSA) is 50.4 Å². The van der Waals surface area contributed by atoms with Gasteiger partial charge in [-0.3, -0.25) is 4.79 Å². The molecule has 1 aliphatic rings. The van der Waals surface area contributed by atoms with E-state index in [1.54, 1.807) is 19.1 Å². The molecule has 1 aliphatic heterocycles. The molecule has 0 aliphatic carbocycles. The molecule has 0 unspecified atom stereocenters. The molecule has 1 aromatic carbocycles. The minimum Gasteiger partial charge on any atom is -0.491 e. The first-order chi connectivity index (χ1) is 8.70. The third-order valence-corrected chi connectivity index (χ3v) is 2.92. The molecule has 4 nitrogen and oxygen atoms in total. The lowest BCUT2D eigenvalue weighted by atomic mass is 10.0. The van der Waals surface area contributed by atoms with Crippen LogP contribution in [0.15, 0.2) is 18.2 Å². The van der Waals surface area contributed by atoms with Crippen molar-refractivity contribution in [3.05, 3.63) is 29.6 Å². The molecule has 1 saturated heterocycles. The monoisotopic (exact) mass is 252 g/mol. The molecular weight excluding hydrogens is 235 g/mol. The van der Waals surface area contributed by atoms with Gasteiger partial charge in [0.05, 0.1) is 12.5 Å². The summed E-state index contributed by atoms with van der Waals surface area (Å²) in [6, 6.07) is 4.74. The normalized spacial score (nSPS) is 15.0. The maximum absolute atomic E-state index is 13.5. The highest BCUT2D eigenvalue weighted by Crippen LogP contribution is 2.18. The number of hydrogen-bond donors (Lipinski definition) is 2. The fourth-order valence-electron chi connectivity index (χ4n) is 1.73. The predicted octanol–water partition coefficient (Wildman–Crippen LogP) is 1.06. The van der Waals surface area contributed by atoms with E-state index < -0.39 is 5.82 Å². The molecule has 0 radical (unpaired) electrons. The van der Waals surface area contributed by atoms with Crippen LogP contribution in [0.5, 0.6) is 5.75 Å². The van der Waals surface area contributed by atoms with Crippen LogP contribution in [-0.4, -0.2) is 25.6 Å². The van der Waals surface area contributed by atoms with Gasteiger partial charge in [0, 0.05) is 19.6 Å². The van der Waals surface area contributed by atoms with Crippen LogP contribution in [0.4, 0.5) is 4.39 Å². The maximum Gasteiger partial charge on any atom is 0.225 e. The summed E-state index contributed by atoms with van der Waals surface area (Å²) in [4.78, 5) is 11.6. The molecule has 1 aromatic rings. The highest BCUT2D eigenvalue weighted by molar-refractivity contribution is 5.79. The summed E-state index contributed by atoms with van der Waals surface area (Å²) in [6.45, 7) is 4.04. The van der Waals surface area contributed by atoms with Gasteiger partial charge in [0.25, 0.3) is 0 Å². The van der Waals surface area contributed by atoms with E-state index in [4.69, 9.17) is 4.74 Å². The van der Waals surface area contributed by atoms with Gasteiger partial charge in [-0.1, -0.05) is 6.07 Å². The van der Waals surface area contributed by atoms with Crippen molar-refractivity contribution in [3.8, 4) is 5.75 Å². The van der Waals surface area contributed by atoms with Crippen molar-refractivity contribution in [2.24, 2.45) is 5.92 Å². The molecule has 1 amide bonds. The van der Waals surface area contributed by atoms with Crippen molar-refractivity contribution in [2.45, 2.75) is 13.5 Å². The summed E-state index contributed by atoms with van der Waals surface area (Å²) < 4.78 is 18.7. The molecule has 98 valence electrons. The van der Waals surface area contributed by atoms with E-state index in [1.165, 1.54) is 6.07 Å². The fourth-order valence-corrected chi connectivity index (χ4v) is 1.73. The molecule has 2 rings (SSSR count). The van der Waals surface area contributed by atoms with E-state index >= 15 is 0 Å². The van der Waals surface area contributed by atoms with Crippen molar-refractivity contribution in [2.75, 3.05) is 19.7 Å². The van der Waals surface area contributed by atoms with E-state index in [0.29, 0.717) is 13.2 Å². The van der Waals surface area contributed by atoms with Gasteiger partial charge in [0.15, 0.2) is 11.6 Å². The summed E-state index contributed by atoms with van der Waals surface area (Å²) in [7, 11) is 0. The minimum atomic E-state index is -0.395. The first-order valence-electron chi connectivity index (χ1n) is 6.10. The van der Waals surface area contributed by atoms with Gasteiger partial charge in [-0.25, -0.2) is 4.39 Å². The molecule has 2 N–H and O–H groups in total. The number of rotatable bonds is 5. The number of ether oxygens (including phenoxy) is 1. The number of carbonyl (C=O) groups is 1. The van der Waals surface area contributed by atoms with Crippen LogP contribution >= 0.6 is 0 Å². The van der Waals surface area contributed by atoms with E-state index in [-0.39, 0.29) is 17.6 Å². The fraction of sp³-hybridized carbons (Fsp3) is 0.462. The quantitative estimate of drug-likeness (QED) is 0.824. The maximum atomic E-state index is 13.5. The van der Waals surface area contributed by atoms with E-state index in [0.717, 1.165) is 18.7 Å². The first kappa shape index (κ1) is 12.8. The molecule has 0 atom stereocenters. The second-order valence-electron chi connectivity index (χ2n) is 4.27. The standard InChI is InChI=1S/C13H17FN2O2/c1-2-18-12-4-3-9(5-11(12)14)6-16-13(17)10-7-15-8-10/h3-5,10,15H,2,6-8H2,1H3,(H,16,17). The first-order valence-corrected chi connectivity index (χ1v) is 6.10. The largest absolute Gasteiger partial charge is 0.491 e. The second-order valence-corrected chi connectivity index (χ2v) is 4.27. The van der Waals surface area contributed by atoms with Gasteiger partial charge in [-0.05, 0) is 24.6 Å². The third kappa shape index (κ3) is 2.98. The number of hydrogen-bond acceptors (Lipinski definition) is 3. The molecule has 18 heavy (non-hydrogen) atoms. The minimum absolute atomic E-state index is 0.0167. The molecule has 5 heteroatoms. The molecule has 0 saturated carbocycles. The Labute approximate surface area is 106 Å². The zero-order valence-corrected chi connectivity index (χ0v) is 10.3. The predicted molar refractivity (Wildman–Crippen MR) is 65.8 cm³/mol. The van der Waals surface area contributed by atoms with Gasteiger partial charge in [0.1, 0.15) is 0 Å². The average molecular weight is 252 g/mol. The van der Waals surface area contributed by atoms with Crippen molar-refractivity contribution in [1.29, 1.82) is 0 Å². The Kier molecular flexibility index (Phi) is 4.15. The smallest absolute Gasteiger partial charge is 0.225 e. The van der Waals surface area contributed by atoms with Crippen molar-refractivity contribution in [1.82, 2.24) is 10.6 Å². The van der Waals surface area contributed by atoms with Gasteiger partial charge in [-0.2, -0.15) is 0 Å². The van der Waals surface area contributed by atoms with Gasteiger partial charge in [-0.15, -0.1) is 0 Å². The van der Waals surface area contributed by atoms with E-state index in [2.05, 4.69) is 10.6 Å². The van der Waals surface area contributed by atoms with Gasteiger partial charge >= 0.3 is 0 Å². The molecule has 0 aromatic heterocycles. The zero-order chi connectivity index (χ0) is 13.0. The van der Waals surface area contributed by atoms with Gasteiger partial charge in [0.2, 0.25) is 5.91 Å². The van der Waals surface area contributed by atoms with Crippen LogP contribution in [0.25, 0.3) is 0 Å². The van der Waals surface area contributed by atoms with Gasteiger partial charge < -0.3 is 15.4 Å². The number of amides is 1. The Morgan fingerprint density at radius 1 is 1.56 bits per heavy atom. The Hall–Kier alpha value is -1.62. The zero-order valence-electron chi connectivity index (χ0n) is 10.3. The Morgan fingerprint density at radius 2 is 2.33 bits per heavy atom. The van der Waals surface area contributed by atoms with Crippen molar-refractivity contribution in [3.63, 3.8) is 0 Å². The Balaban J connectivity index is 1.89. The lowest BCUT2D eigenvalue weighted by Crippen LogP contribution is -2.50. The van der Waals surface area contributed by atoms with E-state index in [9.17, 15) is 9.18 Å². The van der Waals surface area contributed by atoms with Crippen LogP contribution in [0.2, 0.25) is 0 Å². The molecular formula is C13H17FN2O2. The van der Waals surface area contributed by atoms with Crippen LogP contribution in [-0.2, 0) is 11.3 Å².